The Bertz CT molecular complexity index is 1130. The number of hydrogen-bond acceptors (Lipinski definition) is 3. The first-order valence-corrected chi connectivity index (χ1v) is 8.35. The number of aryl methyl sites for hydroxylation is 1. The van der Waals surface area contributed by atoms with E-state index in [9.17, 15) is 0 Å². The van der Waals surface area contributed by atoms with Gasteiger partial charge in [0, 0.05) is 48.8 Å². The summed E-state index contributed by atoms with van der Waals surface area (Å²) in [4.78, 5) is 8.90. The van der Waals surface area contributed by atoms with E-state index in [1.807, 2.05) is 36.1 Å². The summed E-state index contributed by atoms with van der Waals surface area (Å²) in [5.41, 5.74) is 9.17. The Morgan fingerprint density at radius 2 is 2.00 bits per heavy atom. The first-order valence-electron chi connectivity index (χ1n) is 8.35. The molecule has 0 radical (unpaired) electrons. The van der Waals surface area contributed by atoms with Crippen molar-refractivity contribution in [3.8, 4) is 11.1 Å². The maximum Gasteiger partial charge on any atom is 0.0746 e. The Balaban J connectivity index is 0.00000168. The number of hydrogen-bond donors (Lipinski definition) is 0. The standard InChI is InChI=1S/C21H16N4.H2/c1-14-4-5-18-17(6-7-20(18)24-14)15-8-10-25-21(11-15)19(13-23-25)16-3-2-9-22-12-16;/h2-6,8-13H,7H2,1H3;1H. The molecule has 4 nitrogen and oxygen atoms in total. The van der Waals surface area contributed by atoms with Crippen molar-refractivity contribution in [3.05, 3.63) is 89.8 Å². The maximum absolute atomic E-state index is 4.67. The number of aromatic nitrogens is 4. The molecule has 0 bridgehead atoms. The molecular weight excluding hydrogens is 308 g/mol. The molecule has 0 spiro atoms. The second-order valence-electron chi connectivity index (χ2n) is 6.31. The van der Waals surface area contributed by atoms with Gasteiger partial charge in [0.15, 0.2) is 0 Å². The lowest BCUT2D eigenvalue weighted by atomic mass is 10.0. The summed E-state index contributed by atoms with van der Waals surface area (Å²) in [6.45, 7) is 2.04. The van der Waals surface area contributed by atoms with E-state index in [4.69, 9.17) is 0 Å². The Morgan fingerprint density at radius 1 is 1.04 bits per heavy atom. The number of allylic oxidation sites excluding steroid dienone is 1. The summed E-state index contributed by atoms with van der Waals surface area (Å²) in [5.74, 6) is 0. The number of fused-ring (bicyclic) bond motifs is 2. The number of rotatable bonds is 2. The van der Waals surface area contributed by atoms with Crippen LogP contribution in [-0.2, 0) is 6.42 Å². The lowest BCUT2D eigenvalue weighted by molar-refractivity contribution is 0.960. The van der Waals surface area contributed by atoms with E-state index in [2.05, 4.69) is 51.5 Å². The topological polar surface area (TPSA) is 43.1 Å². The lowest BCUT2D eigenvalue weighted by Gasteiger charge is -2.08. The zero-order chi connectivity index (χ0) is 16.8. The van der Waals surface area contributed by atoms with Crippen LogP contribution in [0.25, 0.3) is 22.2 Å². The van der Waals surface area contributed by atoms with Gasteiger partial charge in [0.2, 0.25) is 0 Å². The van der Waals surface area contributed by atoms with Gasteiger partial charge in [0.25, 0.3) is 0 Å². The monoisotopic (exact) mass is 326 g/mol. The summed E-state index contributed by atoms with van der Waals surface area (Å²) in [5, 5.41) is 4.48. The fraction of sp³-hybridized carbons (Fsp3) is 0.0952. The molecule has 122 valence electrons. The van der Waals surface area contributed by atoms with Gasteiger partial charge < -0.3 is 0 Å². The highest BCUT2D eigenvalue weighted by molar-refractivity contribution is 5.88. The summed E-state index contributed by atoms with van der Waals surface area (Å²) >= 11 is 0. The average molecular weight is 326 g/mol. The molecule has 1 aliphatic rings. The van der Waals surface area contributed by atoms with Crippen molar-refractivity contribution in [1.29, 1.82) is 0 Å². The molecule has 0 unspecified atom stereocenters. The second kappa shape index (κ2) is 5.38. The Hall–Kier alpha value is -3.27. The minimum absolute atomic E-state index is 0. The van der Waals surface area contributed by atoms with Crippen molar-refractivity contribution in [2.24, 2.45) is 0 Å². The number of pyridine rings is 3. The van der Waals surface area contributed by atoms with Crippen LogP contribution in [0, 0.1) is 6.92 Å². The Labute approximate surface area is 147 Å². The minimum atomic E-state index is 0. The fourth-order valence-corrected chi connectivity index (χ4v) is 3.49. The van der Waals surface area contributed by atoms with Gasteiger partial charge in [-0.1, -0.05) is 18.2 Å². The predicted molar refractivity (Wildman–Crippen MR) is 100 cm³/mol. The van der Waals surface area contributed by atoms with E-state index < -0.39 is 0 Å². The van der Waals surface area contributed by atoms with E-state index in [0.29, 0.717) is 0 Å². The molecule has 0 saturated carbocycles. The van der Waals surface area contributed by atoms with Crippen molar-refractivity contribution >= 4 is 11.1 Å². The van der Waals surface area contributed by atoms with Crippen LogP contribution in [0.15, 0.2) is 67.3 Å². The summed E-state index contributed by atoms with van der Waals surface area (Å²) in [7, 11) is 0. The van der Waals surface area contributed by atoms with Crippen molar-refractivity contribution < 1.29 is 1.43 Å². The lowest BCUT2D eigenvalue weighted by Crippen LogP contribution is -1.94. The van der Waals surface area contributed by atoms with Gasteiger partial charge in [0.05, 0.1) is 17.4 Å². The molecule has 4 aromatic heterocycles. The second-order valence-corrected chi connectivity index (χ2v) is 6.31. The zero-order valence-corrected chi connectivity index (χ0v) is 13.8. The van der Waals surface area contributed by atoms with Crippen molar-refractivity contribution in [1.82, 2.24) is 19.6 Å². The van der Waals surface area contributed by atoms with Crippen LogP contribution in [0.2, 0.25) is 0 Å². The van der Waals surface area contributed by atoms with Gasteiger partial charge in [-0.3, -0.25) is 9.97 Å². The smallest absolute Gasteiger partial charge is 0.0746 e. The van der Waals surface area contributed by atoms with Crippen LogP contribution in [0.5, 0.6) is 0 Å². The molecule has 0 atom stereocenters. The zero-order valence-electron chi connectivity index (χ0n) is 13.8. The van der Waals surface area contributed by atoms with Crippen LogP contribution in [0.1, 0.15) is 23.9 Å². The minimum Gasteiger partial charge on any atom is -0.264 e. The third-order valence-electron chi connectivity index (χ3n) is 4.71. The first-order chi connectivity index (χ1) is 12.3. The Kier molecular flexibility index (Phi) is 3.04. The number of nitrogens with zero attached hydrogens (tertiary/aromatic N) is 4. The maximum atomic E-state index is 4.67. The van der Waals surface area contributed by atoms with Crippen LogP contribution in [-0.4, -0.2) is 19.6 Å². The highest BCUT2D eigenvalue weighted by Gasteiger charge is 2.18. The SMILES string of the molecule is Cc1ccc2c(n1)CC=C2c1ccn2ncc(-c3cccnc3)c2c1.[HH]. The summed E-state index contributed by atoms with van der Waals surface area (Å²) in [6.07, 6.45) is 10.7. The van der Waals surface area contributed by atoms with Gasteiger partial charge in [-0.25, -0.2) is 4.52 Å². The fourth-order valence-electron chi connectivity index (χ4n) is 3.49. The van der Waals surface area contributed by atoms with Crippen molar-refractivity contribution in [2.45, 2.75) is 13.3 Å². The van der Waals surface area contributed by atoms with Gasteiger partial charge in [-0.05, 0) is 42.3 Å². The molecule has 0 amide bonds. The molecule has 0 saturated heterocycles. The molecule has 5 rings (SSSR count). The van der Waals surface area contributed by atoms with Gasteiger partial charge in [-0.2, -0.15) is 5.10 Å². The molecule has 4 heteroatoms. The summed E-state index contributed by atoms with van der Waals surface area (Å²) < 4.78 is 1.91. The van der Waals surface area contributed by atoms with Gasteiger partial charge >= 0.3 is 0 Å². The largest absolute Gasteiger partial charge is 0.264 e. The third kappa shape index (κ3) is 2.26. The quantitative estimate of drug-likeness (QED) is 0.550. The molecular formula is C21H18N4. The average Bonchev–Trinajstić information content (AvgIpc) is 3.25. The highest BCUT2D eigenvalue weighted by Crippen LogP contribution is 2.33. The normalized spacial score (nSPS) is 13.1. The van der Waals surface area contributed by atoms with Crippen LogP contribution >= 0.6 is 0 Å². The van der Waals surface area contributed by atoms with Crippen molar-refractivity contribution in [3.63, 3.8) is 0 Å². The van der Waals surface area contributed by atoms with E-state index in [1.165, 1.54) is 16.7 Å². The first kappa shape index (κ1) is 14.1. The summed E-state index contributed by atoms with van der Waals surface area (Å²) in [6, 6.07) is 12.6. The Morgan fingerprint density at radius 3 is 2.88 bits per heavy atom. The molecule has 25 heavy (non-hydrogen) atoms. The third-order valence-corrected chi connectivity index (χ3v) is 4.71. The van der Waals surface area contributed by atoms with E-state index in [1.54, 1.807) is 6.20 Å². The predicted octanol–water partition coefficient (Wildman–Crippen LogP) is 4.33. The van der Waals surface area contributed by atoms with E-state index >= 15 is 0 Å². The molecule has 1 aliphatic carbocycles. The van der Waals surface area contributed by atoms with E-state index in [-0.39, 0.29) is 1.43 Å². The van der Waals surface area contributed by atoms with E-state index in [0.717, 1.165) is 34.5 Å². The molecule has 0 aliphatic heterocycles. The molecule has 4 heterocycles. The van der Waals surface area contributed by atoms with Crippen LogP contribution in [0.4, 0.5) is 0 Å². The molecule has 4 aromatic rings. The highest BCUT2D eigenvalue weighted by atomic mass is 15.2. The van der Waals surface area contributed by atoms with Crippen molar-refractivity contribution in [2.75, 3.05) is 0 Å². The molecule has 0 N–H and O–H groups in total. The van der Waals surface area contributed by atoms with Gasteiger partial charge in [-0.15, -0.1) is 0 Å². The van der Waals surface area contributed by atoms with Crippen LogP contribution in [0.3, 0.4) is 0 Å². The van der Waals surface area contributed by atoms with Crippen LogP contribution < -0.4 is 0 Å². The molecule has 0 aromatic carbocycles. The molecule has 0 fully saturated rings. The van der Waals surface area contributed by atoms with Gasteiger partial charge in [0.1, 0.15) is 0 Å².